The normalized spacial score (nSPS) is 16.9. The van der Waals surface area contributed by atoms with Gasteiger partial charge in [0.15, 0.2) is 11.6 Å². The molecule has 1 aliphatic heterocycles. The summed E-state index contributed by atoms with van der Waals surface area (Å²) in [4.78, 5) is 25.9. The van der Waals surface area contributed by atoms with E-state index < -0.39 is 17.9 Å². The first-order valence-corrected chi connectivity index (χ1v) is 7.86. The van der Waals surface area contributed by atoms with Crippen molar-refractivity contribution in [3.05, 3.63) is 47.2 Å². The van der Waals surface area contributed by atoms with Gasteiger partial charge in [-0.2, -0.15) is 0 Å². The zero-order valence-corrected chi connectivity index (χ0v) is 13.8. The Balaban J connectivity index is 1.72. The Kier molecular flexibility index (Phi) is 3.34. The van der Waals surface area contributed by atoms with Gasteiger partial charge in [-0.05, 0) is 32.0 Å². The van der Waals surface area contributed by atoms with Crippen LogP contribution in [0.25, 0.3) is 11.0 Å². The highest BCUT2D eigenvalue weighted by Gasteiger charge is 2.37. The van der Waals surface area contributed by atoms with Crippen molar-refractivity contribution in [2.24, 2.45) is 0 Å². The van der Waals surface area contributed by atoms with Crippen LogP contribution in [0.15, 0.2) is 28.7 Å². The topological polar surface area (TPSA) is 101 Å². The van der Waals surface area contributed by atoms with Crippen molar-refractivity contribution >= 4 is 22.8 Å². The van der Waals surface area contributed by atoms with Crippen LogP contribution >= 0.6 is 0 Å². The molecule has 1 aromatic carbocycles. The standard InChI is InChI=1S/C17H16N4O4/c1-9-3-4-13-11(5-9)6-14(25-13)16(22)21-8-15-19-18-10(2)20(15)7-12(21)17(23)24/h3-6,12H,7-8H2,1-2H3,(H,23,24). The molecule has 8 nitrogen and oxygen atoms in total. The van der Waals surface area contributed by atoms with Crippen LogP contribution in [0.1, 0.15) is 27.8 Å². The average Bonchev–Trinajstić information content (AvgIpc) is 3.16. The minimum absolute atomic E-state index is 0.0761. The van der Waals surface area contributed by atoms with Crippen LogP contribution in [0, 0.1) is 13.8 Å². The third kappa shape index (κ3) is 2.46. The zero-order chi connectivity index (χ0) is 17.7. The number of carbonyl (C=O) groups is 2. The number of nitrogens with zero attached hydrogens (tertiary/aromatic N) is 4. The molecule has 1 amide bonds. The highest BCUT2D eigenvalue weighted by atomic mass is 16.4. The van der Waals surface area contributed by atoms with Crippen molar-refractivity contribution in [1.29, 1.82) is 0 Å². The first-order chi connectivity index (χ1) is 11.9. The molecule has 8 heteroatoms. The lowest BCUT2D eigenvalue weighted by molar-refractivity contribution is -0.143. The van der Waals surface area contributed by atoms with E-state index in [1.807, 2.05) is 19.1 Å². The second kappa shape index (κ2) is 5.44. The molecule has 128 valence electrons. The van der Waals surface area contributed by atoms with E-state index in [0.717, 1.165) is 10.9 Å². The van der Waals surface area contributed by atoms with Crippen LogP contribution in [-0.2, 0) is 17.9 Å². The Morgan fingerprint density at radius 1 is 1.24 bits per heavy atom. The number of fused-ring (bicyclic) bond motifs is 2. The molecule has 25 heavy (non-hydrogen) atoms. The summed E-state index contributed by atoms with van der Waals surface area (Å²) < 4.78 is 7.36. The molecule has 2 aromatic heterocycles. The van der Waals surface area contributed by atoms with E-state index in [0.29, 0.717) is 17.2 Å². The molecule has 1 unspecified atom stereocenters. The molecular weight excluding hydrogens is 324 g/mol. The molecule has 0 saturated heterocycles. The molecule has 1 atom stereocenters. The van der Waals surface area contributed by atoms with Gasteiger partial charge in [0.1, 0.15) is 17.4 Å². The van der Waals surface area contributed by atoms with Gasteiger partial charge in [-0.25, -0.2) is 4.79 Å². The van der Waals surface area contributed by atoms with E-state index in [1.54, 1.807) is 23.6 Å². The quantitative estimate of drug-likeness (QED) is 0.762. The molecule has 4 rings (SSSR count). The summed E-state index contributed by atoms with van der Waals surface area (Å²) in [5.41, 5.74) is 1.65. The summed E-state index contributed by atoms with van der Waals surface area (Å²) in [6.07, 6.45) is 0. The van der Waals surface area contributed by atoms with Crippen LogP contribution in [0.5, 0.6) is 0 Å². The van der Waals surface area contributed by atoms with Gasteiger partial charge in [0.05, 0.1) is 13.1 Å². The predicted octanol–water partition coefficient (Wildman–Crippen LogP) is 1.75. The number of carbonyl (C=O) groups excluding carboxylic acids is 1. The van der Waals surface area contributed by atoms with Crippen molar-refractivity contribution in [1.82, 2.24) is 19.7 Å². The van der Waals surface area contributed by atoms with Gasteiger partial charge in [0.25, 0.3) is 5.91 Å². The summed E-state index contributed by atoms with van der Waals surface area (Å²) in [6, 6.07) is 6.26. The van der Waals surface area contributed by atoms with Crippen LogP contribution in [0.3, 0.4) is 0 Å². The SMILES string of the molecule is Cc1ccc2oc(C(=O)N3Cc4nnc(C)n4CC3C(=O)O)cc2c1. The number of hydrogen-bond donors (Lipinski definition) is 1. The number of aliphatic carboxylic acids is 1. The largest absolute Gasteiger partial charge is 0.480 e. The predicted molar refractivity (Wildman–Crippen MR) is 87.0 cm³/mol. The Hall–Kier alpha value is -3.16. The Labute approximate surface area is 142 Å². The first kappa shape index (κ1) is 15.4. The lowest BCUT2D eigenvalue weighted by atomic mass is 10.1. The van der Waals surface area contributed by atoms with Gasteiger partial charge in [-0.15, -0.1) is 10.2 Å². The maximum atomic E-state index is 12.9. The maximum absolute atomic E-state index is 12.9. The van der Waals surface area contributed by atoms with Gasteiger partial charge in [0.2, 0.25) is 0 Å². The summed E-state index contributed by atoms with van der Waals surface area (Å²) in [7, 11) is 0. The van der Waals surface area contributed by atoms with Crippen molar-refractivity contribution in [3.8, 4) is 0 Å². The number of hydrogen-bond acceptors (Lipinski definition) is 5. The van der Waals surface area contributed by atoms with E-state index in [2.05, 4.69) is 10.2 Å². The molecule has 3 heterocycles. The van der Waals surface area contributed by atoms with E-state index in [4.69, 9.17) is 4.42 Å². The van der Waals surface area contributed by atoms with Crippen molar-refractivity contribution < 1.29 is 19.1 Å². The fourth-order valence-electron chi connectivity index (χ4n) is 3.15. The van der Waals surface area contributed by atoms with E-state index in [1.165, 1.54) is 4.90 Å². The van der Waals surface area contributed by atoms with Gasteiger partial charge in [-0.3, -0.25) is 4.79 Å². The van der Waals surface area contributed by atoms with Crippen LogP contribution in [0.2, 0.25) is 0 Å². The van der Waals surface area contributed by atoms with Crippen molar-refractivity contribution in [3.63, 3.8) is 0 Å². The lowest BCUT2D eigenvalue weighted by Crippen LogP contribution is -2.50. The Morgan fingerprint density at radius 2 is 2.04 bits per heavy atom. The maximum Gasteiger partial charge on any atom is 0.328 e. The Bertz CT molecular complexity index is 1000. The van der Waals surface area contributed by atoms with Crippen LogP contribution in [-0.4, -0.2) is 42.7 Å². The van der Waals surface area contributed by atoms with E-state index in [-0.39, 0.29) is 18.8 Å². The Morgan fingerprint density at radius 3 is 2.80 bits per heavy atom. The highest BCUT2D eigenvalue weighted by molar-refractivity contribution is 5.98. The molecule has 0 bridgehead atoms. The fourth-order valence-corrected chi connectivity index (χ4v) is 3.15. The number of aromatic nitrogens is 3. The molecule has 0 spiro atoms. The molecule has 0 radical (unpaired) electrons. The van der Waals surface area contributed by atoms with Crippen molar-refractivity contribution in [2.75, 3.05) is 0 Å². The van der Waals surface area contributed by atoms with Gasteiger partial charge in [0, 0.05) is 5.39 Å². The smallest absolute Gasteiger partial charge is 0.328 e. The molecule has 1 aliphatic rings. The average molecular weight is 340 g/mol. The summed E-state index contributed by atoms with van der Waals surface area (Å²) >= 11 is 0. The van der Waals surface area contributed by atoms with Crippen molar-refractivity contribution in [2.45, 2.75) is 33.0 Å². The number of rotatable bonds is 2. The van der Waals surface area contributed by atoms with E-state index in [9.17, 15) is 14.7 Å². The monoisotopic (exact) mass is 340 g/mol. The minimum atomic E-state index is -1.07. The molecular formula is C17H16N4O4. The van der Waals surface area contributed by atoms with Gasteiger partial charge >= 0.3 is 5.97 Å². The summed E-state index contributed by atoms with van der Waals surface area (Å²) in [5, 5.41) is 18.4. The second-order valence-corrected chi connectivity index (χ2v) is 6.21. The van der Waals surface area contributed by atoms with Crippen LogP contribution < -0.4 is 0 Å². The zero-order valence-electron chi connectivity index (χ0n) is 13.8. The number of aryl methyl sites for hydroxylation is 2. The number of carboxylic acid groups (broad SMARTS) is 1. The number of carboxylic acids is 1. The second-order valence-electron chi connectivity index (χ2n) is 6.21. The molecule has 0 saturated carbocycles. The number of amides is 1. The molecule has 0 fully saturated rings. The number of furan rings is 1. The van der Waals surface area contributed by atoms with Gasteiger partial charge < -0.3 is 19.0 Å². The highest BCUT2D eigenvalue weighted by Crippen LogP contribution is 2.25. The minimum Gasteiger partial charge on any atom is -0.480 e. The molecule has 3 aromatic rings. The number of benzene rings is 1. The van der Waals surface area contributed by atoms with Crippen LogP contribution in [0.4, 0.5) is 0 Å². The lowest BCUT2D eigenvalue weighted by Gasteiger charge is -2.32. The molecule has 0 aliphatic carbocycles. The third-order valence-electron chi connectivity index (χ3n) is 4.48. The first-order valence-electron chi connectivity index (χ1n) is 7.86. The molecule has 1 N–H and O–H groups in total. The summed E-state index contributed by atoms with van der Waals surface area (Å²) in [5.74, 6) is -0.216. The van der Waals surface area contributed by atoms with Gasteiger partial charge in [-0.1, -0.05) is 11.6 Å². The summed E-state index contributed by atoms with van der Waals surface area (Å²) in [6.45, 7) is 3.91. The fraction of sp³-hybridized carbons (Fsp3) is 0.294. The third-order valence-corrected chi connectivity index (χ3v) is 4.48. The van der Waals surface area contributed by atoms with E-state index >= 15 is 0 Å².